The van der Waals surface area contributed by atoms with Crippen LogP contribution in [0.4, 0.5) is 0 Å². The van der Waals surface area contributed by atoms with Crippen molar-refractivity contribution in [3.8, 4) is 5.75 Å². The molecule has 1 aliphatic rings. The zero-order valence-electron chi connectivity index (χ0n) is 13.4. The van der Waals surface area contributed by atoms with Gasteiger partial charge in [-0.05, 0) is 36.5 Å². The Labute approximate surface area is 136 Å². The van der Waals surface area contributed by atoms with Crippen LogP contribution in [0, 0.1) is 5.92 Å². The molecule has 0 spiro atoms. The molecular weight excluding hydrogens is 298 g/mol. The number of nitrogens with zero attached hydrogens (tertiary/aromatic N) is 1. The molecule has 126 valence electrons. The Morgan fingerprint density at radius 2 is 2.09 bits per heavy atom. The van der Waals surface area contributed by atoms with Crippen molar-refractivity contribution in [2.45, 2.75) is 25.8 Å². The predicted molar refractivity (Wildman–Crippen MR) is 84.2 cm³/mol. The first-order valence-corrected chi connectivity index (χ1v) is 7.80. The van der Waals surface area contributed by atoms with Gasteiger partial charge in [0.05, 0.1) is 0 Å². The average molecular weight is 321 g/mol. The van der Waals surface area contributed by atoms with Crippen LogP contribution in [0.3, 0.4) is 0 Å². The molecule has 1 amide bonds. The summed E-state index contributed by atoms with van der Waals surface area (Å²) in [6.45, 7) is 1.75. The maximum absolute atomic E-state index is 12.1. The Bertz CT molecular complexity index is 522. The van der Waals surface area contributed by atoms with Gasteiger partial charge in [-0.25, -0.2) is 4.79 Å². The number of carboxylic acid groups (broad SMARTS) is 1. The van der Waals surface area contributed by atoms with Crippen molar-refractivity contribution >= 4 is 11.9 Å². The van der Waals surface area contributed by atoms with Crippen molar-refractivity contribution in [1.29, 1.82) is 0 Å². The summed E-state index contributed by atoms with van der Waals surface area (Å²) in [5.74, 6) is 0.138. The minimum Gasteiger partial charge on any atom is -0.482 e. The van der Waals surface area contributed by atoms with Crippen LogP contribution in [0.5, 0.6) is 5.75 Å². The first-order chi connectivity index (χ1) is 11.0. The number of carboxylic acids is 1. The fourth-order valence-electron chi connectivity index (χ4n) is 2.53. The molecule has 1 atom stereocenters. The number of hydrogen-bond donors (Lipinski definition) is 1. The maximum Gasteiger partial charge on any atom is 0.341 e. The van der Waals surface area contributed by atoms with Crippen LogP contribution < -0.4 is 4.74 Å². The van der Waals surface area contributed by atoms with Gasteiger partial charge in [-0.3, -0.25) is 4.79 Å². The van der Waals surface area contributed by atoms with E-state index in [1.807, 2.05) is 12.1 Å². The lowest BCUT2D eigenvalue weighted by Gasteiger charge is -2.18. The van der Waals surface area contributed by atoms with E-state index in [2.05, 4.69) is 0 Å². The van der Waals surface area contributed by atoms with Gasteiger partial charge in [-0.2, -0.15) is 0 Å². The summed E-state index contributed by atoms with van der Waals surface area (Å²) in [6, 6.07) is 7.11. The lowest BCUT2D eigenvalue weighted by molar-refractivity contribution is -0.139. The third kappa shape index (κ3) is 5.90. The molecule has 0 aromatic heterocycles. The fourth-order valence-corrected chi connectivity index (χ4v) is 2.53. The minimum absolute atomic E-state index is 0.128. The molecule has 6 nitrogen and oxygen atoms in total. The highest BCUT2D eigenvalue weighted by Gasteiger charge is 2.18. The first-order valence-electron chi connectivity index (χ1n) is 7.80. The van der Waals surface area contributed by atoms with Crippen molar-refractivity contribution in [2.24, 2.45) is 5.92 Å². The van der Waals surface area contributed by atoms with Gasteiger partial charge in [-0.15, -0.1) is 0 Å². The quantitative estimate of drug-likeness (QED) is 0.792. The second kappa shape index (κ2) is 8.53. The van der Waals surface area contributed by atoms with E-state index in [4.69, 9.17) is 14.6 Å². The van der Waals surface area contributed by atoms with E-state index in [0.717, 1.165) is 31.6 Å². The summed E-state index contributed by atoms with van der Waals surface area (Å²) in [6.07, 6.45) is 2.48. The number of rotatable bonds is 8. The van der Waals surface area contributed by atoms with Crippen molar-refractivity contribution in [2.75, 3.05) is 26.9 Å². The Hall–Kier alpha value is -2.08. The van der Waals surface area contributed by atoms with Crippen LogP contribution in [-0.4, -0.2) is 48.8 Å². The second-order valence-corrected chi connectivity index (χ2v) is 5.84. The van der Waals surface area contributed by atoms with Crippen molar-refractivity contribution < 1.29 is 24.2 Å². The molecule has 0 saturated carbocycles. The molecule has 1 unspecified atom stereocenters. The summed E-state index contributed by atoms with van der Waals surface area (Å²) < 4.78 is 10.4. The number of hydrogen-bond acceptors (Lipinski definition) is 4. The molecule has 1 aliphatic heterocycles. The normalized spacial score (nSPS) is 17.0. The molecule has 6 heteroatoms. The van der Waals surface area contributed by atoms with Gasteiger partial charge < -0.3 is 19.5 Å². The standard InChI is InChI=1S/C17H23NO5/c1-18(16(19)7-4-14-8-9-22-11-14)10-13-2-5-15(6-3-13)23-12-17(20)21/h2-3,5-6,14H,4,7-12H2,1H3,(H,20,21). The van der Waals surface area contributed by atoms with Gasteiger partial charge in [0.25, 0.3) is 0 Å². The SMILES string of the molecule is CN(Cc1ccc(OCC(=O)O)cc1)C(=O)CCC1CCOC1. The molecular formula is C17H23NO5. The molecule has 23 heavy (non-hydrogen) atoms. The molecule has 1 fully saturated rings. The monoisotopic (exact) mass is 321 g/mol. The van der Waals surface area contributed by atoms with Crippen LogP contribution in [0.25, 0.3) is 0 Å². The molecule has 1 saturated heterocycles. The number of ether oxygens (including phenoxy) is 2. The van der Waals surface area contributed by atoms with Crippen LogP contribution in [0.2, 0.25) is 0 Å². The zero-order valence-corrected chi connectivity index (χ0v) is 13.4. The number of carbonyl (C=O) groups is 2. The van der Waals surface area contributed by atoms with E-state index >= 15 is 0 Å². The Morgan fingerprint density at radius 3 is 2.70 bits per heavy atom. The smallest absolute Gasteiger partial charge is 0.341 e. The van der Waals surface area contributed by atoms with Crippen LogP contribution in [0.15, 0.2) is 24.3 Å². The van der Waals surface area contributed by atoms with Gasteiger partial charge in [0.1, 0.15) is 5.75 Å². The fraction of sp³-hybridized carbons (Fsp3) is 0.529. The molecule has 0 aliphatic carbocycles. The first kappa shape index (κ1) is 17.3. The number of benzene rings is 1. The number of amides is 1. The number of carbonyl (C=O) groups excluding carboxylic acids is 1. The molecule has 1 aromatic rings. The summed E-state index contributed by atoms with van der Waals surface area (Å²) in [7, 11) is 1.79. The van der Waals surface area contributed by atoms with Gasteiger partial charge >= 0.3 is 5.97 Å². The van der Waals surface area contributed by atoms with Gasteiger partial charge in [-0.1, -0.05) is 12.1 Å². The molecule has 1 N–H and O–H groups in total. The van der Waals surface area contributed by atoms with Gasteiger partial charge in [0.2, 0.25) is 5.91 Å². The van der Waals surface area contributed by atoms with Crippen LogP contribution >= 0.6 is 0 Å². The van der Waals surface area contributed by atoms with Crippen molar-refractivity contribution in [3.05, 3.63) is 29.8 Å². The van der Waals surface area contributed by atoms with E-state index in [1.54, 1.807) is 24.1 Å². The average Bonchev–Trinajstić information content (AvgIpc) is 3.05. The van der Waals surface area contributed by atoms with Crippen LogP contribution in [0.1, 0.15) is 24.8 Å². The summed E-state index contributed by atoms with van der Waals surface area (Å²) in [5.41, 5.74) is 0.979. The lowest BCUT2D eigenvalue weighted by Crippen LogP contribution is -2.26. The van der Waals surface area contributed by atoms with E-state index in [1.165, 1.54) is 0 Å². The molecule has 2 rings (SSSR count). The minimum atomic E-state index is -1.01. The Morgan fingerprint density at radius 1 is 1.35 bits per heavy atom. The van der Waals surface area contributed by atoms with E-state index < -0.39 is 5.97 Å². The van der Waals surface area contributed by atoms with Crippen molar-refractivity contribution in [3.63, 3.8) is 0 Å². The van der Waals surface area contributed by atoms with Gasteiger partial charge in [0.15, 0.2) is 6.61 Å². The van der Waals surface area contributed by atoms with Crippen molar-refractivity contribution in [1.82, 2.24) is 4.90 Å². The van der Waals surface area contributed by atoms with Gasteiger partial charge in [0, 0.05) is 33.2 Å². The summed E-state index contributed by atoms with van der Waals surface area (Å²) in [5, 5.41) is 8.56. The highest BCUT2D eigenvalue weighted by atomic mass is 16.5. The highest BCUT2D eigenvalue weighted by molar-refractivity contribution is 5.75. The Balaban J connectivity index is 1.75. The summed E-state index contributed by atoms with van der Waals surface area (Å²) in [4.78, 5) is 24.3. The third-order valence-electron chi connectivity index (χ3n) is 3.92. The molecule has 0 radical (unpaired) electrons. The van der Waals surface area contributed by atoms with Crippen LogP contribution in [-0.2, 0) is 20.9 Å². The highest BCUT2D eigenvalue weighted by Crippen LogP contribution is 2.19. The zero-order chi connectivity index (χ0) is 16.7. The van der Waals surface area contributed by atoms with E-state index in [0.29, 0.717) is 24.6 Å². The largest absolute Gasteiger partial charge is 0.482 e. The maximum atomic E-state index is 12.1. The predicted octanol–water partition coefficient (Wildman–Crippen LogP) is 1.93. The number of aliphatic carboxylic acids is 1. The Kier molecular flexibility index (Phi) is 6.40. The van der Waals surface area contributed by atoms with E-state index in [9.17, 15) is 9.59 Å². The van der Waals surface area contributed by atoms with E-state index in [-0.39, 0.29) is 12.5 Å². The summed E-state index contributed by atoms with van der Waals surface area (Å²) >= 11 is 0. The molecule has 1 aromatic carbocycles. The second-order valence-electron chi connectivity index (χ2n) is 5.84. The molecule has 1 heterocycles. The topological polar surface area (TPSA) is 76.1 Å². The third-order valence-corrected chi connectivity index (χ3v) is 3.92. The molecule has 0 bridgehead atoms. The lowest BCUT2D eigenvalue weighted by atomic mass is 10.0.